The minimum atomic E-state index is 0.183. The molecule has 0 bridgehead atoms. The first kappa shape index (κ1) is 25.6. The molecule has 0 fully saturated rings. The van der Waals surface area contributed by atoms with Gasteiger partial charge in [-0.2, -0.15) is 0 Å². The highest BCUT2D eigenvalue weighted by molar-refractivity contribution is 6.07. The van der Waals surface area contributed by atoms with Gasteiger partial charge < -0.3 is 32.3 Å². The standard InChI is InChI=1S/C32H32N6O2/c33-31-23-13-19(3-7-27(23)37-29-9-5-21(39)15-25(29)31)17-35-11-1-2-12-36-18-20-4-8-28-24(14-20)32(34)26-16-22(40)6-10-30(26)38-28/h3-10,13-16,35-36,39-40H,1-2,11-12,17-18H2,(H2,33,37)(H2,34,38). The average molecular weight is 533 g/mol. The van der Waals surface area contributed by atoms with Crippen LogP contribution in [-0.2, 0) is 13.1 Å². The van der Waals surface area contributed by atoms with Crippen molar-refractivity contribution in [3.05, 3.63) is 83.9 Å². The molecule has 0 unspecified atom stereocenters. The molecule has 40 heavy (non-hydrogen) atoms. The van der Waals surface area contributed by atoms with Crippen LogP contribution in [0.2, 0.25) is 0 Å². The second kappa shape index (κ2) is 10.8. The predicted octanol–water partition coefficient (Wildman–Crippen LogP) is 5.32. The fourth-order valence-electron chi connectivity index (χ4n) is 5.20. The Morgan fingerprint density at radius 1 is 0.525 bits per heavy atom. The molecule has 202 valence electrons. The van der Waals surface area contributed by atoms with E-state index in [2.05, 4.69) is 44.9 Å². The molecule has 8 N–H and O–H groups in total. The quantitative estimate of drug-likeness (QED) is 0.108. The predicted molar refractivity (Wildman–Crippen MR) is 163 cm³/mol. The topological polar surface area (TPSA) is 142 Å². The molecule has 0 saturated heterocycles. The van der Waals surface area contributed by atoms with Crippen molar-refractivity contribution in [3.8, 4) is 11.5 Å². The Bertz CT molecular complexity index is 1730. The van der Waals surface area contributed by atoms with Crippen molar-refractivity contribution >= 4 is 55.0 Å². The first-order valence-electron chi connectivity index (χ1n) is 13.5. The van der Waals surface area contributed by atoms with Gasteiger partial charge in [0.2, 0.25) is 0 Å². The summed E-state index contributed by atoms with van der Waals surface area (Å²) in [5.74, 6) is 0.366. The smallest absolute Gasteiger partial charge is 0.116 e. The Morgan fingerprint density at radius 3 is 1.32 bits per heavy atom. The summed E-state index contributed by atoms with van der Waals surface area (Å²) in [6.07, 6.45) is 2.11. The largest absolute Gasteiger partial charge is 0.508 e. The van der Waals surface area contributed by atoms with Gasteiger partial charge in [0.25, 0.3) is 0 Å². The average Bonchev–Trinajstić information content (AvgIpc) is 2.96. The number of hydrogen-bond donors (Lipinski definition) is 6. The number of nitrogens with two attached hydrogens (primary N) is 2. The summed E-state index contributed by atoms with van der Waals surface area (Å²) in [7, 11) is 0. The van der Waals surface area contributed by atoms with Crippen LogP contribution in [0.15, 0.2) is 72.8 Å². The van der Waals surface area contributed by atoms with Gasteiger partial charge >= 0.3 is 0 Å². The molecule has 6 aromatic rings. The van der Waals surface area contributed by atoms with Gasteiger partial charge in [0.15, 0.2) is 0 Å². The summed E-state index contributed by atoms with van der Waals surface area (Å²) in [5, 5.41) is 30.0. The van der Waals surface area contributed by atoms with E-state index < -0.39 is 0 Å². The SMILES string of the molecule is Nc1c2cc(O)ccc2nc2ccc(CNCCCCNCc3ccc4nc5ccc(O)cc5c(N)c4c3)cc12. The van der Waals surface area contributed by atoms with Crippen LogP contribution < -0.4 is 22.1 Å². The number of nitrogen functional groups attached to an aromatic ring is 2. The van der Waals surface area contributed by atoms with Crippen molar-refractivity contribution in [2.24, 2.45) is 0 Å². The van der Waals surface area contributed by atoms with Crippen LogP contribution in [0.1, 0.15) is 24.0 Å². The number of fused-ring (bicyclic) bond motifs is 4. The van der Waals surface area contributed by atoms with Crippen LogP contribution in [0, 0.1) is 0 Å². The third kappa shape index (κ3) is 5.14. The van der Waals surface area contributed by atoms with E-state index in [1.54, 1.807) is 36.4 Å². The van der Waals surface area contributed by atoms with E-state index in [-0.39, 0.29) is 11.5 Å². The van der Waals surface area contributed by atoms with Crippen molar-refractivity contribution < 1.29 is 10.2 Å². The number of unbranched alkanes of at least 4 members (excludes halogenated alkanes) is 1. The van der Waals surface area contributed by atoms with E-state index in [1.807, 2.05) is 12.1 Å². The Morgan fingerprint density at radius 2 is 0.900 bits per heavy atom. The molecule has 8 heteroatoms. The highest BCUT2D eigenvalue weighted by atomic mass is 16.3. The molecule has 0 aliphatic rings. The molecule has 0 spiro atoms. The second-order valence-electron chi connectivity index (χ2n) is 10.2. The van der Waals surface area contributed by atoms with Gasteiger partial charge in [-0.15, -0.1) is 0 Å². The molecule has 8 nitrogen and oxygen atoms in total. The third-order valence-electron chi connectivity index (χ3n) is 7.34. The highest BCUT2D eigenvalue weighted by Gasteiger charge is 2.10. The molecule has 0 aliphatic carbocycles. The normalized spacial score (nSPS) is 11.7. The number of anilines is 2. The second-order valence-corrected chi connectivity index (χ2v) is 10.2. The van der Waals surface area contributed by atoms with Crippen molar-refractivity contribution in [1.82, 2.24) is 20.6 Å². The van der Waals surface area contributed by atoms with Gasteiger partial charge in [-0.05, 0) is 97.7 Å². The molecule has 2 aromatic heterocycles. The van der Waals surface area contributed by atoms with Gasteiger partial charge in [0, 0.05) is 34.6 Å². The molecular formula is C32H32N6O2. The van der Waals surface area contributed by atoms with E-state index >= 15 is 0 Å². The number of aromatic nitrogens is 2. The van der Waals surface area contributed by atoms with Crippen LogP contribution in [0.5, 0.6) is 11.5 Å². The van der Waals surface area contributed by atoms with E-state index in [0.29, 0.717) is 11.4 Å². The maximum Gasteiger partial charge on any atom is 0.116 e. The molecule has 0 aliphatic heterocycles. The summed E-state index contributed by atoms with van der Waals surface area (Å²) in [6.45, 7) is 3.33. The summed E-state index contributed by atoms with van der Waals surface area (Å²) < 4.78 is 0. The number of nitrogens with one attached hydrogen (secondary N) is 2. The number of phenolic OH excluding ortho intramolecular Hbond substituents is 2. The van der Waals surface area contributed by atoms with Crippen molar-refractivity contribution in [2.75, 3.05) is 24.6 Å². The zero-order valence-corrected chi connectivity index (χ0v) is 22.1. The lowest BCUT2D eigenvalue weighted by Crippen LogP contribution is -2.18. The van der Waals surface area contributed by atoms with Crippen molar-refractivity contribution in [1.29, 1.82) is 0 Å². The Labute approximate surface area is 231 Å². The fraction of sp³-hybridized carbons (Fsp3) is 0.188. The molecule has 0 radical (unpaired) electrons. The molecule has 2 heterocycles. The number of benzene rings is 4. The molecular weight excluding hydrogens is 500 g/mol. The van der Waals surface area contributed by atoms with E-state index in [9.17, 15) is 10.2 Å². The number of hydrogen-bond acceptors (Lipinski definition) is 8. The summed E-state index contributed by atoms with van der Waals surface area (Å²) >= 11 is 0. The van der Waals surface area contributed by atoms with Crippen LogP contribution >= 0.6 is 0 Å². The highest BCUT2D eigenvalue weighted by Crippen LogP contribution is 2.32. The van der Waals surface area contributed by atoms with Crippen molar-refractivity contribution in [2.45, 2.75) is 25.9 Å². The van der Waals surface area contributed by atoms with Gasteiger partial charge in [-0.25, -0.2) is 9.97 Å². The zero-order chi connectivity index (χ0) is 27.6. The van der Waals surface area contributed by atoms with Crippen LogP contribution in [0.3, 0.4) is 0 Å². The van der Waals surface area contributed by atoms with E-state index in [4.69, 9.17) is 11.5 Å². The zero-order valence-electron chi connectivity index (χ0n) is 22.1. The number of phenols is 2. The van der Waals surface area contributed by atoms with E-state index in [0.717, 1.165) is 93.8 Å². The lowest BCUT2D eigenvalue weighted by molar-refractivity contribution is 0.475. The Balaban J connectivity index is 0.982. The Kier molecular flexibility index (Phi) is 6.94. The van der Waals surface area contributed by atoms with Crippen LogP contribution in [0.4, 0.5) is 11.4 Å². The molecule has 0 saturated carbocycles. The first-order valence-corrected chi connectivity index (χ1v) is 13.5. The fourth-order valence-corrected chi connectivity index (χ4v) is 5.20. The first-order chi connectivity index (χ1) is 19.5. The number of nitrogens with zero attached hydrogens (tertiary/aromatic N) is 2. The molecule has 6 rings (SSSR count). The minimum Gasteiger partial charge on any atom is -0.508 e. The van der Waals surface area contributed by atoms with Gasteiger partial charge in [0.05, 0.1) is 33.4 Å². The van der Waals surface area contributed by atoms with Gasteiger partial charge in [0.1, 0.15) is 11.5 Å². The maximum atomic E-state index is 9.84. The summed E-state index contributed by atoms with van der Waals surface area (Å²) in [4.78, 5) is 9.36. The Hall–Kier alpha value is -4.66. The number of pyridine rings is 2. The lowest BCUT2D eigenvalue weighted by Gasteiger charge is -2.11. The number of aromatic hydroxyl groups is 2. The van der Waals surface area contributed by atoms with Crippen LogP contribution in [0.25, 0.3) is 43.6 Å². The maximum absolute atomic E-state index is 9.84. The summed E-state index contributed by atoms with van der Waals surface area (Å²) in [6, 6.07) is 22.5. The third-order valence-corrected chi connectivity index (χ3v) is 7.34. The van der Waals surface area contributed by atoms with Gasteiger partial charge in [-0.1, -0.05) is 12.1 Å². The monoisotopic (exact) mass is 532 g/mol. The summed E-state index contributed by atoms with van der Waals surface area (Å²) in [5.41, 5.74) is 19.7. The lowest BCUT2D eigenvalue weighted by atomic mass is 10.1. The minimum absolute atomic E-state index is 0.183. The van der Waals surface area contributed by atoms with E-state index in [1.165, 1.54) is 0 Å². The number of rotatable bonds is 9. The van der Waals surface area contributed by atoms with Crippen LogP contribution in [-0.4, -0.2) is 33.3 Å². The van der Waals surface area contributed by atoms with Gasteiger partial charge in [-0.3, -0.25) is 0 Å². The molecule has 4 aromatic carbocycles. The molecule has 0 amide bonds. The van der Waals surface area contributed by atoms with Crippen molar-refractivity contribution in [3.63, 3.8) is 0 Å². The molecule has 0 atom stereocenters.